The first-order valence-corrected chi connectivity index (χ1v) is 9.61. The van der Waals surface area contributed by atoms with Crippen molar-refractivity contribution >= 4 is 22.7 Å². The zero-order valence-electron chi connectivity index (χ0n) is 15.4. The Labute approximate surface area is 169 Å². The van der Waals surface area contributed by atoms with Gasteiger partial charge in [-0.05, 0) is 31.0 Å². The van der Waals surface area contributed by atoms with Crippen LogP contribution in [0.15, 0.2) is 35.7 Å². The van der Waals surface area contributed by atoms with Crippen molar-refractivity contribution in [1.82, 2.24) is 15.0 Å². The lowest BCUT2D eigenvalue weighted by Gasteiger charge is -2.28. The summed E-state index contributed by atoms with van der Waals surface area (Å²) in [5.41, 5.74) is 6.76. The summed E-state index contributed by atoms with van der Waals surface area (Å²) in [6.45, 7) is 0.470. The molecule has 1 aliphatic rings. The number of Topliss-reactive ketones (excluding diaryl/α,β-unsaturated/α-hetero) is 1. The van der Waals surface area contributed by atoms with E-state index in [0.29, 0.717) is 16.4 Å². The fourth-order valence-electron chi connectivity index (χ4n) is 2.72. The molecule has 0 aliphatic carbocycles. The predicted octanol–water partition coefficient (Wildman–Crippen LogP) is 2.90. The average molecular weight is 425 g/mol. The molecule has 0 bridgehead atoms. The molecule has 2 aromatic heterocycles. The van der Waals surface area contributed by atoms with Crippen molar-refractivity contribution in [3.63, 3.8) is 0 Å². The second kappa shape index (κ2) is 8.36. The highest BCUT2D eigenvalue weighted by Crippen LogP contribution is 2.34. The van der Waals surface area contributed by atoms with Crippen molar-refractivity contribution in [2.24, 2.45) is 10.7 Å². The lowest BCUT2D eigenvalue weighted by molar-refractivity contribution is -0.154. The van der Waals surface area contributed by atoms with Gasteiger partial charge < -0.3 is 10.5 Å². The van der Waals surface area contributed by atoms with Crippen molar-refractivity contribution in [3.8, 4) is 5.88 Å². The first kappa shape index (κ1) is 21.0. The Morgan fingerprint density at radius 1 is 1.31 bits per heavy atom. The molecule has 3 heterocycles. The van der Waals surface area contributed by atoms with Crippen LogP contribution in [-0.2, 0) is 12.0 Å². The minimum Gasteiger partial charge on any atom is -0.467 e. The largest absolute Gasteiger partial charge is 0.467 e. The van der Waals surface area contributed by atoms with E-state index in [4.69, 9.17) is 5.73 Å². The van der Waals surface area contributed by atoms with Crippen molar-refractivity contribution in [2.75, 3.05) is 12.4 Å². The molecule has 29 heavy (non-hydrogen) atoms. The zero-order chi connectivity index (χ0) is 21.1. The number of aromatic nitrogens is 3. The Hall–Kier alpha value is -2.69. The number of pyridine rings is 1. The van der Waals surface area contributed by atoms with Crippen molar-refractivity contribution in [1.29, 1.82) is 0 Å². The highest BCUT2D eigenvalue weighted by atomic mass is 32.2. The number of thioether (sulfide) groups is 1. The third-order valence-corrected chi connectivity index (χ3v) is 5.03. The van der Waals surface area contributed by atoms with Crippen LogP contribution in [0.4, 0.5) is 13.2 Å². The molecule has 0 fully saturated rings. The van der Waals surface area contributed by atoms with E-state index in [0.717, 1.165) is 24.6 Å². The monoisotopic (exact) mass is 425 g/mol. The average Bonchev–Trinajstić information content (AvgIpc) is 2.66. The maximum Gasteiger partial charge on any atom is 0.422 e. The molecule has 0 saturated carbocycles. The van der Waals surface area contributed by atoms with Gasteiger partial charge in [0.2, 0.25) is 5.88 Å². The summed E-state index contributed by atoms with van der Waals surface area (Å²) in [6, 6.07) is 3.52. The molecule has 7 nitrogen and oxygen atoms in total. The topological polar surface area (TPSA) is 103 Å². The van der Waals surface area contributed by atoms with Crippen LogP contribution < -0.4 is 10.5 Å². The first-order valence-electron chi connectivity index (χ1n) is 8.63. The molecule has 0 spiro atoms. The van der Waals surface area contributed by atoms with E-state index >= 15 is 0 Å². The number of hydrogen-bond acceptors (Lipinski definition) is 8. The lowest BCUT2D eigenvalue weighted by atomic mass is 9.93. The van der Waals surface area contributed by atoms with Crippen LogP contribution in [0.5, 0.6) is 5.88 Å². The van der Waals surface area contributed by atoms with Gasteiger partial charge in [-0.3, -0.25) is 9.78 Å². The number of nitrogens with zero attached hydrogens (tertiary/aromatic N) is 4. The van der Waals surface area contributed by atoms with E-state index in [1.807, 2.05) is 6.92 Å². The standard InChI is InChI=1S/C18H18F3N5O2S/c1-17(3-5-29-16(22)26-17)14-7-11(2-4-23-14)6-13(27)12-8-25-15(9-24-12)28-10-18(19,20)21/h2,4,7-9H,3,5-6,10H2,1H3,(H2,22,26)/t17-/m0/s1. The number of aliphatic imine (C=N–C) groups is 1. The van der Waals surface area contributed by atoms with Gasteiger partial charge in [0.15, 0.2) is 17.6 Å². The molecule has 154 valence electrons. The summed E-state index contributed by atoms with van der Waals surface area (Å²) in [7, 11) is 0. The van der Waals surface area contributed by atoms with Crippen molar-refractivity contribution in [2.45, 2.75) is 31.5 Å². The predicted molar refractivity (Wildman–Crippen MR) is 102 cm³/mol. The van der Waals surface area contributed by atoms with Crippen LogP contribution in [-0.4, -0.2) is 44.4 Å². The highest BCUT2D eigenvalue weighted by Gasteiger charge is 2.31. The Morgan fingerprint density at radius 2 is 2.10 bits per heavy atom. The second-order valence-corrected chi connectivity index (χ2v) is 7.73. The van der Waals surface area contributed by atoms with E-state index in [1.54, 1.807) is 18.3 Å². The van der Waals surface area contributed by atoms with E-state index in [2.05, 4.69) is 24.7 Å². The van der Waals surface area contributed by atoms with Gasteiger partial charge in [0.1, 0.15) is 11.2 Å². The van der Waals surface area contributed by atoms with Gasteiger partial charge >= 0.3 is 6.18 Å². The Bertz CT molecular complexity index is 920. The quantitative estimate of drug-likeness (QED) is 0.710. The number of halogens is 3. The number of ether oxygens (including phenoxy) is 1. The minimum absolute atomic E-state index is 0.0327. The molecule has 0 radical (unpaired) electrons. The van der Waals surface area contributed by atoms with E-state index in [-0.39, 0.29) is 23.8 Å². The van der Waals surface area contributed by atoms with Gasteiger partial charge in [0.05, 0.1) is 18.1 Å². The van der Waals surface area contributed by atoms with Gasteiger partial charge in [0.25, 0.3) is 0 Å². The molecule has 2 aromatic rings. The molecule has 2 N–H and O–H groups in total. The van der Waals surface area contributed by atoms with Crippen LogP contribution in [0.3, 0.4) is 0 Å². The Balaban J connectivity index is 1.69. The molecule has 1 aliphatic heterocycles. The van der Waals surface area contributed by atoms with Crippen LogP contribution in [0, 0.1) is 0 Å². The molecular weight excluding hydrogens is 407 g/mol. The smallest absolute Gasteiger partial charge is 0.422 e. The Morgan fingerprint density at radius 3 is 2.76 bits per heavy atom. The van der Waals surface area contributed by atoms with Gasteiger partial charge in [-0.1, -0.05) is 11.8 Å². The van der Waals surface area contributed by atoms with Gasteiger partial charge in [-0.2, -0.15) is 13.2 Å². The van der Waals surface area contributed by atoms with Crippen LogP contribution in [0.2, 0.25) is 0 Å². The maximum atomic E-state index is 12.5. The summed E-state index contributed by atoms with van der Waals surface area (Å²) in [4.78, 5) is 28.9. The number of carbonyl (C=O) groups is 1. The number of amidine groups is 1. The molecule has 0 amide bonds. The van der Waals surface area contributed by atoms with Gasteiger partial charge in [0, 0.05) is 18.4 Å². The summed E-state index contributed by atoms with van der Waals surface area (Å²) < 4.78 is 41.0. The van der Waals surface area contributed by atoms with Crippen LogP contribution in [0.1, 0.15) is 35.1 Å². The van der Waals surface area contributed by atoms with Crippen LogP contribution in [0.25, 0.3) is 0 Å². The maximum absolute atomic E-state index is 12.5. The number of rotatable bonds is 6. The number of carbonyl (C=O) groups excluding carboxylic acids is 1. The van der Waals surface area contributed by atoms with E-state index in [9.17, 15) is 18.0 Å². The SMILES string of the molecule is C[C@@]1(c2cc(CC(=O)c3cnc(OCC(F)(F)F)cn3)ccn2)CCSC(N)=N1. The van der Waals surface area contributed by atoms with E-state index < -0.39 is 18.3 Å². The fourth-order valence-corrected chi connectivity index (χ4v) is 3.69. The number of ketones is 1. The third-order valence-electron chi connectivity index (χ3n) is 4.23. The molecule has 0 saturated heterocycles. The molecule has 1 atom stereocenters. The summed E-state index contributed by atoms with van der Waals surface area (Å²) in [5.74, 6) is 0.197. The minimum atomic E-state index is -4.47. The Kier molecular flexibility index (Phi) is 6.06. The molecule has 0 unspecified atom stereocenters. The van der Waals surface area contributed by atoms with E-state index in [1.165, 1.54) is 11.8 Å². The summed E-state index contributed by atoms with van der Waals surface area (Å²) >= 11 is 1.49. The highest BCUT2D eigenvalue weighted by molar-refractivity contribution is 8.13. The lowest BCUT2D eigenvalue weighted by Crippen LogP contribution is -2.29. The zero-order valence-corrected chi connectivity index (χ0v) is 16.3. The molecular formula is C18H18F3N5O2S. The summed E-state index contributed by atoms with van der Waals surface area (Å²) in [6.07, 6.45) is 0.0363. The number of hydrogen-bond donors (Lipinski definition) is 1. The van der Waals surface area contributed by atoms with Crippen molar-refractivity contribution < 1.29 is 22.7 Å². The molecule has 3 rings (SSSR count). The molecule has 11 heteroatoms. The fraction of sp³-hybridized carbons (Fsp3) is 0.389. The van der Waals surface area contributed by atoms with Crippen molar-refractivity contribution in [3.05, 3.63) is 47.7 Å². The van der Waals surface area contributed by atoms with Crippen LogP contribution >= 0.6 is 11.8 Å². The number of alkyl halides is 3. The third kappa shape index (κ3) is 5.66. The molecule has 0 aromatic carbocycles. The summed E-state index contributed by atoms with van der Waals surface area (Å²) in [5, 5.41) is 0.505. The van der Waals surface area contributed by atoms with Gasteiger partial charge in [-0.15, -0.1) is 0 Å². The first-order chi connectivity index (χ1) is 13.6. The second-order valence-electron chi connectivity index (χ2n) is 6.62. The number of nitrogens with two attached hydrogens (primary N) is 1. The normalized spacial score (nSPS) is 19.5. The van der Waals surface area contributed by atoms with Gasteiger partial charge in [-0.25, -0.2) is 15.0 Å².